The molecule has 1 heterocycles. The number of nitrogens with zero attached hydrogens (tertiary/aromatic N) is 3. The highest BCUT2D eigenvalue weighted by Crippen LogP contribution is 2.30. The molecule has 0 spiro atoms. The second-order valence-corrected chi connectivity index (χ2v) is 11.3. The molecule has 0 N–H and O–H groups in total. The first kappa shape index (κ1) is 23.8. The van der Waals surface area contributed by atoms with Crippen LogP contribution in [0.1, 0.15) is 41.3 Å². The van der Waals surface area contributed by atoms with Crippen molar-refractivity contribution < 1.29 is 17.9 Å². The predicted octanol–water partition coefficient (Wildman–Crippen LogP) is 3.88. The van der Waals surface area contributed by atoms with Crippen molar-refractivity contribution in [2.45, 2.75) is 51.1 Å². The Balaban J connectivity index is 1.68. The lowest BCUT2D eigenvalue weighted by atomic mass is 10.1. The molecule has 0 unspecified atom stereocenters. The van der Waals surface area contributed by atoms with Crippen LogP contribution in [0.2, 0.25) is 0 Å². The second kappa shape index (κ2) is 9.50. The fourth-order valence-corrected chi connectivity index (χ4v) is 6.36. The van der Waals surface area contributed by atoms with Crippen molar-refractivity contribution in [2.75, 3.05) is 20.3 Å². The fraction of sp³-hybridized carbons (Fsp3) is 0.417. The molecule has 1 amide bonds. The van der Waals surface area contributed by atoms with E-state index in [9.17, 15) is 13.2 Å². The molecule has 0 saturated heterocycles. The molecule has 0 bridgehead atoms. The highest BCUT2D eigenvalue weighted by molar-refractivity contribution is 7.89. The number of benzene rings is 2. The van der Waals surface area contributed by atoms with Gasteiger partial charge in [0.2, 0.25) is 10.0 Å². The van der Waals surface area contributed by atoms with Crippen LogP contribution >= 0.6 is 11.3 Å². The summed E-state index contributed by atoms with van der Waals surface area (Å²) in [5.74, 6) is -0.402. The van der Waals surface area contributed by atoms with Crippen molar-refractivity contribution in [3.63, 3.8) is 0 Å². The molecule has 3 aromatic rings. The Kier molecular flexibility index (Phi) is 6.86. The number of aromatic nitrogens is 1. The molecule has 1 aliphatic carbocycles. The van der Waals surface area contributed by atoms with Crippen LogP contribution in [-0.2, 0) is 21.3 Å². The molecule has 176 valence electrons. The van der Waals surface area contributed by atoms with E-state index in [4.69, 9.17) is 4.74 Å². The van der Waals surface area contributed by atoms with Gasteiger partial charge in [-0.15, -0.1) is 0 Å². The van der Waals surface area contributed by atoms with Crippen LogP contribution in [0.25, 0.3) is 10.2 Å². The fourth-order valence-electron chi connectivity index (χ4n) is 3.84. The van der Waals surface area contributed by atoms with Gasteiger partial charge in [0.15, 0.2) is 4.80 Å². The normalized spacial score (nSPS) is 15.0. The molecule has 7 nitrogen and oxygen atoms in total. The standard InChI is InChI=1S/C24H29N3O4S2/c1-5-31-13-12-27-21-15-16(2)14-17(3)22(21)32-24(27)25-23(28)18-6-10-20(11-7-18)33(29,30)26(4)19-8-9-19/h6-7,10-11,14-15,19H,5,8-9,12-13H2,1-4H3. The molecule has 1 fully saturated rings. The molecule has 2 aromatic carbocycles. The highest BCUT2D eigenvalue weighted by atomic mass is 32.2. The number of ether oxygens (including phenoxy) is 1. The zero-order valence-electron chi connectivity index (χ0n) is 19.4. The zero-order chi connectivity index (χ0) is 23.8. The number of amides is 1. The van der Waals surface area contributed by atoms with Gasteiger partial charge in [-0.05, 0) is 75.1 Å². The van der Waals surface area contributed by atoms with Gasteiger partial charge < -0.3 is 9.30 Å². The van der Waals surface area contributed by atoms with Crippen molar-refractivity contribution in [2.24, 2.45) is 4.99 Å². The monoisotopic (exact) mass is 487 g/mol. The molecule has 4 rings (SSSR count). The number of rotatable bonds is 8. The maximum atomic E-state index is 13.0. The van der Waals surface area contributed by atoms with Gasteiger partial charge >= 0.3 is 0 Å². The smallest absolute Gasteiger partial charge is 0.279 e. The number of carbonyl (C=O) groups excluding carboxylic acids is 1. The Morgan fingerprint density at radius 2 is 1.91 bits per heavy atom. The number of thiazole rings is 1. The molecular formula is C24H29N3O4S2. The number of fused-ring (bicyclic) bond motifs is 1. The van der Waals surface area contributed by atoms with E-state index in [1.165, 1.54) is 39.9 Å². The van der Waals surface area contributed by atoms with Crippen LogP contribution in [0.4, 0.5) is 0 Å². The van der Waals surface area contributed by atoms with Gasteiger partial charge in [0.05, 0.1) is 21.7 Å². The molecule has 9 heteroatoms. The summed E-state index contributed by atoms with van der Waals surface area (Å²) in [6, 6.07) is 10.3. The van der Waals surface area contributed by atoms with Crippen LogP contribution in [-0.4, -0.2) is 49.5 Å². The van der Waals surface area contributed by atoms with Crippen LogP contribution in [0.3, 0.4) is 0 Å². The Labute approximate surface area is 198 Å². The predicted molar refractivity (Wildman–Crippen MR) is 130 cm³/mol. The third kappa shape index (κ3) is 4.96. The minimum atomic E-state index is -3.55. The lowest BCUT2D eigenvalue weighted by Gasteiger charge is -2.16. The third-order valence-electron chi connectivity index (χ3n) is 5.81. The van der Waals surface area contributed by atoms with Crippen molar-refractivity contribution in [3.05, 3.63) is 57.9 Å². The van der Waals surface area contributed by atoms with Gasteiger partial charge in [-0.3, -0.25) is 4.79 Å². The lowest BCUT2D eigenvalue weighted by molar-refractivity contribution is 0.0996. The summed E-state index contributed by atoms with van der Waals surface area (Å²) in [4.78, 5) is 18.2. The van der Waals surface area contributed by atoms with Gasteiger partial charge in [0.1, 0.15) is 0 Å². The molecule has 0 radical (unpaired) electrons. The third-order valence-corrected chi connectivity index (χ3v) is 8.97. The summed E-state index contributed by atoms with van der Waals surface area (Å²) >= 11 is 1.48. The quantitative estimate of drug-likeness (QED) is 0.452. The molecule has 0 atom stereocenters. The average molecular weight is 488 g/mol. The summed E-state index contributed by atoms with van der Waals surface area (Å²) in [7, 11) is -1.94. The molecule has 33 heavy (non-hydrogen) atoms. The molecular weight excluding hydrogens is 458 g/mol. The highest BCUT2D eigenvalue weighted by Gasteiger charge is 2.35. The molecule has 1 aromatic heterocycles. The number of carbonyl (C=O) groups is 1. The largest absolute Gasteiger partial charge is 0.380 e. The second-order valence-electron chi connectivity index (χ2n) is 8.36. The van der Waals surface area contributed by atoms with Crippen LogP contribution in [0.15, 0.2) is 46.3 Å². The number of aryl methyl sites for hydroxylation is 2. The van der Waals surface area contributed by atoms with E-state index in [0.29, 0.717) is 30.1 Å². The van der Waals surface area contributed by atoms with Gasteiger partial charge in [-0.25, -0.2) is 8.42 Å². The summed E-state index contributed by atoms with van der Waals surface area (Å²) in [6.07, 6.45) is 1.78. The summed E-state index contributed by atoms with van der Waals surface area (Å²) in [5, 5.41) is 0. The Morgan fingerprint density at radius 1 is 1.21 bits per heavy atom. The maximum absolute atomic E-state index is 13.0. The number of sulfonamides is 1. The first-order valence-electron chi connectivity index (χ1n) is 11.1. The topological polar surface area (TPSA) is 81.0 Å². The molecule has 1 aliphatic rings. The van der Waals surface area contributed by atoms with Crippen LogP contribution in [0.5, 0.6) is 0 Å². The van der Waals surface area contributed by atoms with E-state index in [1.54, 1.807) is 7.05 Å². The SMILES string of the molecule is CCOCCn1c(=NC(=O)c2ccc(S(=O)(=O)N(C)C3CC3)cc2)sc2c(C)cc(C)cc21. The van der Waals surface area contributed by atoms with E-state index in [0.717, 1.165) is 34.2 Å². The van der Waals surface area contributed by atoms with E-state index in [-0.39, 0.29) is 10.9 Å². The van der Waals surface area contributed by atoms with Gasteiger partial charge in [0.25, 0.3) is 5.91 Å². The number of hydrogen-bond donors (Lipinski definition) is 0. The summed E-state index contributed by atoms with van der Waals surface area (Å²) in [5.41, 5.74) is 3.68. The average Bonchev–Trinajstić information content (AvgIpc) is 3.57. The molecule has 0 aliphatic heterocycles. The first-order valence-corrected chi connectivity index (χ1v) is 13.3. The van der Waals surface area contributed by atoms with Crippen molar-refractivity contribution >= 4 is 37.5 Å². The lowest BCUT2D eigenvalue weighted by Crippen LogP contribution is -2.28. The van der Waals surface area contributed by atoms with E-state index >= 15 is 0 Å². The van der Waals surface area contributed by atoms with Crippen LogP contribution in [0, 0.1) is 13.8 Å². The minimum Gasteiger partial charge on any atom is -0.380 e. The summed E-state index contributed by atoms with van der Waals surface area (Å²) in [6.45, 7) is 7.80. The van der Waals surface area contributed by atoms with Crippen LogP contribution < -0.4 is 4.80 Å². The minimum absolute atomic E-state index is 0.0819. The Morgan fingerprint density at radius 3 is 2.55 bits per heavy atom. The first-order chi connectivity index (χ1) is 15.7. The Bertz CT molecular complexity index is 1350. The van der Waals surface area contributed by atoms with Crippen molar-refractivity contribution in [1.29, 1.82) is 0 Å². The molecule has 1 saturated carbocycles. The Hall–Kier alpha value is -2.33. The van der Waals surface area contributed by atoms with Gasteiger partial charge in [-0.1, -0.05) is 17.4 Å². The maximum Gasteiger partial charge on any atom is 0.279 e. The zero-order valence-corrected chi connectivity index (χ0v) is 21.0. The van der Waals surface area contributed by atoms with Gasteiger partial charge in [-0.2, -0.15) is 9.30 Å². The van der Waals surface area contributed by atoms with E-state index < -0.39 is 15.9 Å². The van der Waals surface area contributed by atoms with E-state index in [2.05, 4.69) is 31.0 Å². The van der Waals surface area contributed by atoms with Crippen molar-refractivity contribution in [1.82, 2.24) is 8.87 Å². The van der Waals surface area contributed by atoms with Crippen molar-refractivity contribution in [3.8, 4) is 0 Å². The number of hydrogen-bond acceptors (Lipinski definition) is 5. The summed E-state index contributed by atoms with van der Waals surface area (Å²) < 4.78 is 35.5. The van der Waals surface area contributed by atoms with E-state index in [1.807, 2.05) is 11.5 Å². The van der Waals surface area contributed by atoms with Gasteiger partial charge in [0, 0.05) is 31.8 Å².